The lowest BCUT2D eigenvalue weighted by molar-refractivity contribution is -0.265. The lowest BCUT2D eigenvalue weighted by atomic mass is 9.78. The van der Waals surface area contributed by atoms with Gasteiger partial charge < -0.3 is 38.8 Å². The molecule has 0 aromatic carbocycles. The largest absolute Gasteiger partial charge is 0.460 e. The van der Waals surface area contributed by atoms with Crippen molar-refractivity contribution in [2.45, 2.75) is 181 Å². The number of carbonyl (C=O) groups is 6. The van der Waals surface area contributed by atoms with Gasteiger partial charge in [-0.05, 0) is 120 Å². The summed E-state index contributed by atoms with van der Waals surface area (Å²) in [5.74, 6) is -8.94. The highest BCUT2D eigenvalue weighted by Gasteiger charge is 2.53. The van der Waals surface area contributed by atoms with Crippen molar-refractivity contribution in [3.8, 4) is 0 Å². The number of piperidine rings is 1. The molecule has 372 valence electrons. The molecule has 3 unspecified atom stereocenters. The number of fused-ring (bicyclic) bond motifs is 3. The van der Waals surface area contributed by atoms with E-state index in [1.807, 2.05) is 39.8 Å². The van der Waals surface area contributed by atoms with E-state index < -0.39 is 59.5 Å². The van der Waals surface area contributed by atoms with Crippen LogP contribution in [0, 0.1) is 41.4 Å². The van der Waals surface area contributed by atoms with Crippen LogP contribution in [0.15, 0.2) is 35.5 Å². The molecule has 2 bridgehead atoms. The van der Waals surface area contributed by atoms with Crippen molar-refractivity contribution >= 4 is 35.0 Å². The minimum atomic E-state index is -2.42. The van der Waals surface area contributed by atoms with Gasteiger partial charge in [0, 0.05) is 51.4 Å². The Bertz CT molecular complexity index is 1770. The first-order chi connectivity index (χ1) is 31.2. The Labute approximate surface area is 393 Å². The Balaban J connectivity index is 1.68. The van der Waals surface area contributed by atoms with Gasteiger partial charge in [-0.15, -0.1) is 0 Å². The fourth-order valence-corrected chi connectivity index (χ4v) is 10.5. The number of nitrogens with zero attached hydrogens (tertiary/aromatic N) is 1. The highest BCUT2D eigenvalue weighted by atomic mass is 16.6. The highest BCUT2D eigenvalue weighted by Crippen LogP contribution is 2.38. The van der Waals surface area contributed by atoms with E-state index in [1.54, 1.807) is 48.0 Å². The second-order valence-corrected chi connectivity index (χ2v) is 20.0. The quantitative estimate of drug-likeness (QED) is 0.111. The number of cyclic esters (lactones) is 1. The number of amides is 1. The number of ketones is 4. The smallest absolute Gasteiger partial charge is 0.329 e. The number of aliphatic hydroxyl groups is 2. The maximum absolute atomic E-state index is 14.4. The Morgan fingerprint density at radius 2 is 1.62 bits per heavy atom. The molecule has 0 aromatic heterocycles. The molecule has 2 saturated heterocycles. The molecule has 14 heteroatoms. The van der Waals surface area contributed by atoms with Crippen molar-refractivity contribution in [3.63, 3.8) is 0 Å². The molecule has 14 nitrogen and oxygen atoms in total. The number of hydrogen-bond donors (Lipinski definition) is 2. The fraction of sp³-hybridized carbons (Fsp3) is 0.769. The molecular weight excluding hydrogens is 847 g/mol. The van der Waals surface area contributed by atoms with Crippen LogP contribution < -0.4 is 0 Å². The van der Waals surface area contributed by atoms with Crippen molar-refractivity contribution in [3.05, 3.63) is 35.5 Å². The van der Waals surface area contributed by atoms with Crippen LogP contribution in [0.4, 0.5) is 0 Å². The molecule has 1 amide bonds. The van der Waals surface area contributed by atoms with Crippen molar-refractivity contribution in [2.24, 2.45) is 41.4 Å². The summed E-state index contributed by atoms with van der Waals surface area (Å²) in [7, 11) is 3.22. The molecule has 4 aliphatic rings. The van der Waals surface area contributed by atoms with E-state index in [9.17, 15) is 39.0 Å². The van der Waals surface area contributed by atoms with Crippen LogP contribution >= 0.6 is 0 Å². The highest BCUT2D eigenvalue weighted by molar-refractivity contribution is 6.39. The third-order valence-corrected chi connectivity index (χ3v) is 14.8. The summed E-state index contributed by atoms with van der Waals surface area (Å²) >= 11 is 0. The summed E-state index contributed by atoms with van der Waals surface area (Å²) in [6, 6.07) is -1.14. The summed E-state index contributed by atoms with van der Waals surface area (Å²) < 4.78 is 30.0. The molecule has 3 heterocycles. The molecule has 2 N–H and O–H groups in total. The Morgan fingerprint density at radius 1 is 0.894 bits per heavy atom. The van der Waals surface area contributed by atoms with Gasteiger partial charge in [0.1, 0.15) is 23.7 Å². The van der Waals surface area contributed by atoms with Gasteiger partial charge in [0.25, 0.3) is 11.7 Å². The number of methoxy groups -OCH3 is 2. The van der Waals surface area contributed by atoms with Crippen molar-refractivity contribution in [1.82, 2.24) is 4.90 Å². The van der Waals surface area contributed by atoms with Crippen LogP contribution in [0.25, 0.3) is 0 Å². The van der Waals surface area contributed by atoms with Crippen molar-refractivity contribution in [1.29, 1.82) is 0 Å². The summed E-state index contributed by atoms with van der Waals surface area (Å²) in [5, 5.41) is 21.3. The second kappa shape index (κ2) is 25.8. The topological polar surface area (TPSA) is 192 Å². The monoisotopic (exact) mass is 928 g/mol. The number of allylic oxidation sites excluding steroid dienone is 5. The first-order valence-corrected chi connectivity index (χ1v) is 24.6. The van der Waals surface area contributed by atoms with Crippen LogP contribution in [-0.2, 0) is 52.5 Å². The zero-order chi connectivity index (χ0) is 48.9. The Hall–Kier alpha value is -3.40. The minimum Gasteiger partial charge on any atom is -0.460 e. The lowest BCUT2D eigenvalue weighted by Crippen LogP contribution is -2.61. The average molecular weight is 928 g/mol. The molecule has 4 rings (SSSR count). The van der Waals surface area contributed by atoms with Crippen molar-refractivity contribution < 1.29 is 62.7 Å². The maximum Gasteiger partial charge on any atom is 0.329 e. The zero-order valence-electron chi connectivity index (χ0n) is 41.5. The number of rotatable bonds is 8. The van der Waals surface area contributed by atoms with Crippen LogP contribution in [0.5, 0.6) is 0 Å². The molecule has 0 aromatic rings. The van der Waals surface area contributed by atoms with Gasteiger partial charge in [-0.1, -0.05) is 58.9 Å². The Morgan fingerprint density at radius 3 is 2.30 bits per heavy atom. The van der Waals surface area contributed by atoms with Gasteiger partial charge in [-0.2, -0.15) is 0 Å². The third-order valence-electron chi connectivity index (χ3n) is 14.8. The van der Waals surface area contributed by atoms with Crippen molar-refractivity contribution in [2.75, 3.05) is 34.0 Å². The lowest BCUT2D eigenvalue weighted by Gasteiger charge is -2.42. The first kappa shape index (κ1) is 55.2. The fourth-order valence-electron chi connectivity index (χ4n) is 10.5. The average Bonchev–Trinajstić information content (AvgIpc) is 3.30. The molecule has 66 heavy (non-hydrogen) atoms. The molecule has 3 fully saturated rings. The molecule has 14 atom stereocenters. The third kappa shape index (κ3) is 14.6. The minimum absolute atomic E-state index is 0.0573. The molecular formula is C52H81NO13. The summed E-state index contributed by atoms with van der Waals surface area (Å²) in [4.78, 5) is 85.5. The zero-order valence-corrected chi connectivity index (χ0v) is 41.5. The first-order valence-electron chi connectivity index (χ1n) is 24.6. The number of carbonyl (C=O) groups excluding carboxylic acids is 6. The summed E-state index contributed by atoms with van der Waals surface area (Å²) in [6.45, 7) is 14.5. The van der Waals surface area contributed by atoms with Gasteiger partial charge in [0.2, 0.25) is 5.79 Å². The van der Waals surface area contributed by atoms with E-state index >= 15 is 0 Å². The molecule has 3 aliphatic heterocycles. The van der Waals surface area contributed by atoms with Crippen LogP contribution in [0.3, 0.4) is 0 Å². The normalized spacial score (nSPS) is 38.5. The molecule has 0 radical (unpaired) electrons. The van der Waals surface area contributed by atoms with Crippen LogP contribution in [-0.4, -0.2) is 126 Å². The number of aliphatic hydroxyl groups excluding tert-OH is 1. The predicted octanol–water partition coefficient (Wildman–Crippen LogP) is 6.86. The number of esters is 1. The van der Waals surface area contributed by atoms with E-state index in [4.69, 9.17) is 23.7 Å². The van der Waals surface area contributed by atoms with Crippen LogP contribution in [0.1, 0.15) is 139 Å². The number of ether oxygens (including phenoxy) is 5. The van der Waals surface area contributed by atoms with E-state index in [-0.39, 0.29) is 91.9 Å². The van der Waals surface area contributed by atoms with Crippen LogP contribution in [0.2, 0.25) is 0 Å². The molecule has 0 spiro atoms. The van der Waals surface area contributed by atoms with Gasteiger partial charge in [0.05, 0.1) is 43.5 Å². The second-order valence-electron chi connectivity index (χ2n) is 20.0. The summed E-state index contributed by atoms with van der Waals surface area (Å²) in [6.07, 6.45) is 11.8. The predicted molar refractivity (Wildman–Crippen MR) is 249 cm³/mol. The van der Waals surface area contributed by atoms with E-state index in [0.717, 1.165) is 12.0 Å². The standard InChI is InChI=1S/C52H81NO13/c1-31-15-11-12-16-32(2)44(62-9)29-40-20-18-37(7)52(61,66-40)49(58)50(59)53-22-14-13-17-41(53)51(60)65-45(34(4)27-39-19-21-43(64-24-23-54)46(28-39)63-10)30-42(55)33(3)26-36(6)48(57)38(8)47(56)35(5)25-31/h11,15-16,26,31,33-35,37-41,43-46,54,61H,12-14,17-25,27-30H2,1-10H3/b15-11+,32-16+,36-26+/t31-,33-,34-,35-,37-,38+,39+,40+,41?,43?,44?,45+,46-,52-/m1/s1. The summed E-state index contributed by atoms with van der Waals surface area (Å²) in [5.41, 5.74) is 1.24. The van der Waals surface area contributed by atoms with Gasteiger partial charge in [0.15, 0.2) is 5.78 Å². The Kier molecular flexibility index (Phi) is 21.6. The van der Waals surface area contributed by atoms with Gasteiger partial charge >= 0.3 is 5.97 Å². The number of hydrogen-bond acceptors (Lipinski definition) is 13. The van der Waals surface area contributed by atoms with E-state index in [2.05, 4.69) is 6.08 Å². The van der Waals surface area contributed by atoms with E-state index in [1.165, 1.54) is 4.90 Å². The molecule has 1 saturated carbocycles. The maximum atomic E-state index is 14.4. The SMILES string of the molecule is COC1C[C@@H]2CC[C@@H](C)[C@@](O)(O2)C(=O)C(=O)N2CCCCC2C(=O)O[C@H]([C@H](C)C[C@@H]2CCC(OCCO)[C@H](OC)C2)CC(=O)[C@H](C)/C=C(\C)C(=O)[C@@H](C)C(=O)[C@H](C)C[C@H](C)/C=C/C/C=C/1C. The van der Waals surface area contributed by atoms with E-state index in [0.29, 0.717) is 69.8 Å². The van der Waals surface area contributed by atoms with Gasteiger partial charge in [-0.3, -0.25) is 24.0 Å². The van der Waals surface area contributed by atoms with Gasteiger partial charge in [-0.25, -0.2) is 4.79 Å². The molecule has 1 aliphatic carbocycles. The number of Topliss-reactive ketones (excluding diaryl/α,β-unsaturated/α-hetero) is 4.